The number of aliphatic carboxylic acids is 1. The fraction of sp³-hybridized carbons (Fsp3) is 0.583. The van der Waals surface area contributed by atoms with Crippen LogP contribution in [0.15, 0.2) is 12.3 Å². The van der Waals surface area contributed by atoms with Crippen LogP contribution in [0.4, 0.5) is 5.95 Å². The largest absolute Gasteiger partial charge is 0.480 e. The van der Waals surface area contributed by atoms with Crippen molar-refractivity contribution >= 4 is 11.9 Å². The van der Waals surface area contributed by atoms with Crippen LogP contribution in [0.5, 0.6) is 5.88 Å². The quantitative estimate of drug-likeness (QED) is 0.736. The molecule has 1 aromatic rings. The maximum Gasteiger partial charge on any atom is 0.326 e. The van der Waals surface area contributed by atoms with Gasteiger partial charge in [0.25, 0.3) is 0 Å². The topological polar surface area (TPSA) is 84.3 Å². The van der Waals surface area contributed by atoms with Crippen LogP contribution in [0.2, 0.25) is 0 Å². The molecule has 18 heavy (non-hydrogen) atoms. The van der Waals surface area contributed by atoms with Gasteiger partial charge in [-0.2, -0.15) is 4.98 Å². The number of anilines is 1. The Balaban J connectivity index is 2.67. The summed E-state index contributed by atoms with van der Waals surface area (Å²) in [5.74, 6) is -0.167. The Hall–Kier alpha value is -1.85. The average molecular weight is 253 g/mol. The fourth-order valence-electron chi connectivity index (χ4n) is 1.40. The molecule has 100 valence electrons. The van der Waals surface area contributed by atoms with E-state index in [0.29, 0.717) is 18.9 Å². The van der Waals surface area contributed by atoms with E-state index in [1.54, 1.807) is 12.3 Å². The molecule has 6 nitrogen and oxygen atoms in total. The zero-order valence-corrected chi connectivity index (χ0v) is 10.7. The molecule has 0 saturated carbocycles. The third-order valence-electron chi connectivity index (χ3n) is 2.26. The van der Waals surface area contributed by atoms with Crippen LogP contribution in [0.3, 0.4) is 0 Å². The summed E-state index contributed by atoms with van der Waals surface area (Å²) in [7, 11) is 0. The Bertz CT molecular complexity index is 385. The van der Waals surface area contributed by atoms with E-state index < -0.39 is 12.0 Å². The highest BCUT2D eigenvalue weighted by Gasteiger charge is 2.17. The van der Waals surface area contributed by atoms with Crippen molar-refractivity contribution in [3.63, 3.8) is 0 Å². The second-order valence-corrected chi connectivity index (χ2v) is 3.89. The molecule has 0 saturated heterocycles. The SMILES string of the molecule is CCCOc1ccnc(NC(CCC)C(=O)O)n1. The van der Waals surface area contributed by atoms with Crippen LogP contribution in [-0.2, 0) is 4.79 Å². The van der Waals surface area contributed by atoms with E-state index in [2.05, 4.69) is 15.3 Å². The molecule has 1 heterocycles. The monoisotopic (exact) mass is 253 g/mol. The molecular formula is C12H19N3O3. The number of aromatic nitrogens is 2. The van der Waals surface area contributed by atoms with Crippen molar-refractivity contribution in [2.75, 3.05) is 11.9 Å². The van der Waals surface area contributed by atoms with E-state index in [1.165, 1.54) is 0 Å². The summed E-state index contributed by atoms with van der Waals surface area (Å²) >= 11 is 0. The predicted octanol–water partition coefficient (Wildman–Crippen LogP) is 1.93. The van der Waals surface area contributed by atoms with Gasteiger partial charge in [0.05, 0.1) is 6.61 Å². The minimum Gasteiger partial charge on any atom is -0.480 e. The molecule has 1 atom stereocenters. The second kappa shape index (κ2) is 7.47. The van der Waals surface area contributed by atoms with Crippen LogP contribution in [0.25, 0.3) is 0 Å². The Morgan fingerprint density at radius 3 is 2.89 bits per heavy atom. The van der Waals surface area contributed by atoms with Crippen LogP contribution in [0, 0.1) is 0 Å². The van der Waals surface area contributed by atoms with Crippen molar-refractivity contribution in [2.45, 2.75) is 39.2 Å². The highest BCUT2D eigenvalue weighted by Crippen LogP contribution is 2.11. The summed E-state index contributed by atoms with van der Waals surface area (Å²) in [4.78, 5) is 19.1. The molecule has 0 spiro atoms. The van der Waals surface area contributed by atoms with E-state index in [-0.39, 0.29) is 5.95 Å². The molecular weight excluding hydrogens is 234 g/mol. The summed E-state index contributed by atoms with van der Waals surface area (Å²) in [5, 5.41) is 11.8. The van der Waals surface area contributed by atoms with Gasteiger partial charge in [-0.3, -0.25) is 0 Å². The van der Waals surface area contributed by atoms with Crippen molar-refractivity contribution in [3.05, 3.63) is 12.3 Å². The highest BCUT2D eigenvalue weighted by atomic mass is 16.5. The lowest BCUT2D eigenvalue weighted by atomic mass is 10.2. The second-order valence-electron chi connectivity index (χ2n) is 3.89. The molecule has 0 aliphatic heterocycles. The number of ether oxygens (including phenoxy) is 1. The first-order valence-corrected chi connectivity index (χ1v) is 6.12. The van der Waals surface area contributed by atoms with Gasteiger partial charge >= 0.3 is 5.97 Å². The summed E-state index contributed by atoms with van der Waals surface area (Å²) in [6.07, 6.45) is 3.74. The molecule has 0 amide bonds. The zero-order chi connectivity index (χ0) is 13.4. The van der Waals surface area contributed by atoms with Gasteiger partial charge in [-0.25, -0.2) is 9.78 Å². The first kappa shape index (κ1) is 14.2. The molecule has 1 aromatic heterocycles. The Kier molecular flexibility index (Phi) is 5.90. The molecule has 2 N–H and O–H groups in total. The number of rotatable bonds is 8. The normalized spacial score (nSPS) is 11.9. The van der Waals surface area contributed by atoms with Crippen molar-refractivity contribution in [1.82, 2.24) is 9.97 Å². The van der Waals surface area contributed by atoms with Gasteiger partial charge in [0.1, 0.15) is 6.04 Å². The lowest BCUT2D eigenvalue weighted by Crippen LogP contribution is -2.29. The molecule has 0 bridgehead atoms. The minimum absolute atomic E-state index is 0.282. The van der Waals surface area contributed by atoms with Crippen molar-refractivity contribution in [1.29, 1.82) is 0 Å². The molecule has 0 aliphatic rings. The smallest absolute Gasteiger partial charge is 0.326 e. The molecule has 0 fully saturated rings. The van der Waals surface area contributed by atoms with Crippen LogP contribution < -0.4 is 10.1 Å². The van der Waals surface area contributed by atoms with Gasteiger partial charge < -0.3 is 15.2 Å². The van der Waals surface area contributed by atoms with Crippen molar-refractivity contribution in [3.8, 4) is 5.88 Å². The van der Waals surface area contributed by atoms with Crippen LogP contribution in [0.1, 0.15) is 33.1 Å². The number of carbonyl (C=O) groups is 1. The maximum absolute atomic E-state index is 11.0. The third kappa shape index (κ3) is 4.57. The lowest BCUT2D eigenvalue weighted by molar-refractivity contribution is -0.138. The van der Waals surface area contributed by atoms with Crippen LogP contribution >= 0.6 is 0 Å². The Morgan fingerprint density at radius 1 is 1.50 bits per heavy atom. The summed E-state index contributed by atoms with van der Waals surface area (Å²) in [6, 6.07) is 0.979. The van der Waals surface area contributed by atoms with Gasteiger partial charge in [-0.1, -0.05) is 20.3 Å². The molecule has 1 unspecified atom stereocenters. The van der Waals surface area contributed by atoms with E-state index in [9.17, 15) is 4.79 Å². The van der Waals surface area contributed by atoms with Gasteiger partial charge in [0, 0.05) is 12.3 Å². The van der Waals surface area contributed by atoms with Gasteiger partial charge in [-0.15, -0.1) is 0 Å². The van der Waals surface area contributed by atoms with Gasteiger partial charge in [0.2, 0.25) is 11.8 Å². The van der Waals surface area contributed by atoms with E-state index in [0.717, 1.165) is 12.8 Å². The van der Waals surface area contributed by atoms with Crippen molar-refractivity contribution < 1.29 is 14.6 Å². The predicted molar refractivity (Wildman–Crippen MR) is 67.8 cm³/mol. The average Bonchev–Trinajstić information content (AvgIpc) is 2.36. The van der Waals surface area contributed by atoms with Gasteiger partial charge in [0.15, 0.2) is 0 Å². The number of hydrogen-bond donors (Lipinski definition) is 2. The number of hydrogen-bond acceptors (Lipinski definition) is 5. The molecule has 6 heteroatoms. The number of nitrogens with one attached hydrogen (secondary N) is 1. The molecule has 0 aliphatic carbocycles. The van der Waals surface area contributed by atoms with E-state index in [4.69, 9.17) is 9.84 Å². The summed E-state index contributed by atoms with van der Waals surface area (Å²) in [6.45, 7) is 4.51. The number of nitrogens with zero attached hydrogens (tertiary/aromatic N) is 2. The molecule has 0 radical (unpaired) electrons. The number of carboxylic acid groups (broad SMARTS) is 1. The maximum atomic E-state index is 11.0. The minimum atomic E-state index is -0.902. The van der Waals surface area contributed by atoms with E-state index in [1.807, 2.05) is 13.8 Å². The lowest BCUT2D eigenvalue weighted by Gasteiger charge is -2.13. The Morgan fingerprint density at radius 2 is 2.28 bits per heavy atom. The van der Waals surface area contributed by atoms with Crippen molar-refractivity contribution in [2.24, 2.45) is 0 Å². The highest BCUT2D eigenvalue weighted by molar-refractivity contribution is 5.76. The molecule has 1 rings (SSSR count). The Labute approximate surface area is 106 Å². The summed E-state index contributed by atoms with van der Waals surface area (Å²) in [5.41, 5.74) is 0. The first-order chi connectivity index (χ1) is 8.67. The summed E-state index contributed by atoms with van der Waals surface area (Å²) < 4.78 is 5.36. The standard InChI is InChI=1S/C12H19N3O3/c1-3-5-9(11(16)17)14-12-13-7-6-10(15-12)18-8-4-2/h6-7,9H,3-5,8H2,1-2H3,(H,16,17)(H,13,14,15). The van der Waals surface area contributed by atoms with Gasteiger partial charge in [-0.05, 0) is 12.8 Å². The fourth-order valence-corrected chi connectivity index (χ4v) is 1.40. The zero-order valence-electron chi connectivity index (χ0n) is 10.7. The number of carboxylic acids is 1. The first-order valence-electron chi connectivity index (χ1n) is 6.12. The third-order valence-corrected chi connectivity index (χ3v) is 2.26. The van der Waals surface area contributed by atoms with Crippen LogP contribution in [-0.4, -0.2) is 33.7 Å². The van der Waals surface area contributed by atoms with E-state index >= 15 is 0 Å². The molecule has 0 aromatic carbocycles.